The molecule has 3 heteroatoms. The fourth-order valence-electron chi connectivity index (χ4n) is 2.61. The molecule has 0 amide bonds. The Morgan fingerprint density at radius 2 is 1.94 bits per heavy atom. The van der Waals surface area contributed by atoms with E-state index in [9.17, 15) is 0 Å². The molecular formula is C13H19BrN2. The molecule has 0 radical (unpaired) electrons. The smallest absolute Gasteiger partial charge is 0.0426 e. The van der Waals surface area contributed by atoms with Gasteiger partial charge in [0.05, 0.1) is 0 Å². The number of rotatable bonds is 1. The van der Waals surface area contributed by atoms with Gasteiger partial charge in [0, 0.05) is 29.3 Å². The van der Waals surface area contributed by atoms with E-state index < -0.39 is 0 Å². The molecule has 0 saturated carbocycles. The number of halogens is 1. The Morgan fingerprint density at radius 1 is 1.31 bits per heavy atom. The van der Waals surface area contributed by atoms with Crippen LogP contribution in [0.1, 0.15) is 24.0 Å². The molecule has 2 N–H and O–H groups in total. The Kier molecular flexibility index (Phi) is 3.55. The van der Waals surface area contributed by atoms with Gasteiger partial charge in [-0.05, 0) is 49.9 Å². The van der Waals surface area contributed by atoms with Gasteiger partial charge in [-0.2, -0.15) is 0 Å². The maximum atomic E-state index is 6.04. The molecule has 2 rings (SSSR count). The van der Waals surface area contributed by atoms with E-state index in [1.807, 2.05) is 0 Å². The number of piperidine rings is 1. The topological polar surface area (TPSA) is 29.3 Å². The Morgan fingerprint density at radius 3 is 2.50 bits per heavy atom. The van der Waals surface area contributed by atoms with Gasteiger partial charge in [-0.25, -0.2) is 0 Å². The normalized spacial score (nSPS) is 21.2. The van der Waals surface area contributed by atoms with Crippen LogP contribution < -0.4 is 10.6 Å². The first-order valence-electron chi connectivity index (χ1n) is 5.85. The van der Waals surface area contributed by atoms with Gasteiger partial charge in [-0.1, -0.05) is 15.9 Å². The van der Waals surface area contributed by atoms with E-state index in [0.717, 1.165) is 24.0 Å². The van der Waals surface area contributed by atoms with Gasteiger partial charge >= 0.3 is 0 Å². The van der Waals surface area contributed by atoms with Crippen molar-refractivity contribution in [2.45, 2.75) is 32.7 Å². The lowest BCUT2D eigenvalue weighted by atomic mass is 10.0. The van der Waals surface area contributed by atoms with E-state index in [2.05, 4.69) is 46.8 Å². The largest absolute Gasteiger partial charge is 0.370 e. The first kappa shape index (κ1) is 11.9. The van der Waals surface area contributed by atoms with Crippen LogP contribution in [0.5, 0.6) is 0 Å². The number of nitrogens with two attached hydrogens (primary N) is 1. The van der Waals surface area contributed by atoms with Gasteiger partial charge in [0.2, 0.25) is 0 Å². The molecular weight excluding hydrogens is 264 g/mol. The number of nitrogens with zero attached hydrogens (tertiary/aromatic N) is 1. The third-order valence-corrected chi connectivity index (χ3v) is 3.69. The number of benzene rings is 1. The number of hydrogen-bond donors (Lipinski definition) is 1. The van der Waals surface area contributed by atoms with Gasteiger partial charge in [-0.3, -0.25) is 0 Å². The van der Waals surface area contributed by atoms with Gasteiger partial charge in [0.1, 0.15) is 0 Å². The van der Waals surface area contributed by atoms with Crippen molar-refractivity contribution < 1.29 is 0 Å². The van der Waals surface area contributed by atoms with E-state index >= 15 is 0 Å². The second-order valence-electron chi connectivity index (χ2n) is 4.74. The second kappa shape index (κ2) is 4.76. The van der Waals surface area contributed by atoms with Gasteiger partial charge in [0.15, 0.2) is 0 Å². The molecule has 0 aromatic heterocycles. The van der Waals surface area contributed by atoms with Gasteiger partial charge in [0.25, 0.3) is 0 Å². The Balaban J connectivity index is 2.32. The standard InChI is InChI=1S/C13H19BrN2/c1-9-6-11(14)7-10(2)13(9)16-5-3-4-12(15)8-16/h6-7,12H,3-5,8,15H2,1-2H3. The van der Waals surface area contributed by atoms with E-state index in [-0.39, 0.29) is 0 Å². The van der Waals surface area contributed by atoms with Crippen molar-refractivity contribution in [2.75, 3.05) is 18.0 Å². The van der Waals surface area contributed by atoms with Crippen LogP contribution in [0.15, 0.2) is 16.6 Å². The van der Waals surface area contributed by atoms with E-state index in [0.29, 0.717) is 6.04 Å². The van der Waals surface area contributed by atoms with Crippen molar-refractivity contribution >= 4 is 21.6 Å². The minimum Gasteiger partial charge on any atom is -0.370 e. The van der Waals surface area contributed by atoms with Crippen LogP contribution in [-0.2, 0) is 0 Å². The molecule has 1 aliphatic rings. The minimum absolute atomic E-state index is 0.330. The highest BCUT2D eigenvalue weighted by molar-refractivity contribution is 9.10. The van der Waals surface area contributed by atoms with Crippen LogP contribution in [-0.4, -0.2) is 19.1 Å². The molecule has 88 valence electrons. The maximum Gasteiger partial charge on any atom is 0.0426 e. The summed E-state index contributed by atoms with van der Waals surface area (Å²) < 4.78 is 1.16. The predicted octanol–water partition coefficient (Wildman–Crippen LogP) is 2.99. The molecule has 1 fully saturated rings. The number of anilines is 1. The predicted molar refractivity (Wildman–Crippen MR) is 73.0 cm³/mol. The van der Waals surface area contributed by atoms with Crippen molar-refractivity contribution in [3.8, 4) is 0 Å². The second-order valence-corrected chi connectivity index (χ2v) is 5.65. The Bertz CT molecular complexity index is 367. The Hall–Kier alpha value is -0.540. The number of aryl methyl sites for hydroxylation is 2. The summed E-state index contributed by atoms with van der Waals surface area (Å²) >= 11 is 3.54. The third-order valence-electron chi connectivity index (χ3n) is 3.23. The highest BCUT2D eigenvalue weighted by atomic mass is 79.9. The minimum atomic E-state index is 0.330. The van der Waals surface area contributed by atoms with Crippen LogP contribution >= 0.6 is 15.9 Å². The summed E-state index contributed by atoms with van der Waals surface area (Å²) in [5.41, 5.74) is 10.1. The summed E-state index contributed by atoms with van der Waals surface area (Å²) in [7, 11) is 0. The molecule has 1 unspecified atom stereocenters. The fourth-order valence-corrected chi connectivity index (χ4v) is 3.30. The van der Waals surface area contributed by atoms with Crippen molar-refractivity contribution in [1.82, 2.24) is 0 Å². The van der Waals surface area contributed by atoms with E-state index in [4.69, 9.17) is 5.73 Å². The average Bonchev–Trinajstić information content (AvgIpc) is 2.15. The quantitative estimate of drug-likeness (QED) is 0.858. The van der Waals surface area contributed by atoms with Crippen LogP contribution in [0.3, 0.4) is 0 Å². The van der Waals surface area contributed by atoms with Crippen LogP contribution in [0.2, 0.25) is 0 Å². The first-order chi connectivity index (χ1) is 7.58. The average molecular weight is 283 g/mol. The summed E-state index contributed by atoms with van der Waals surface area (Å²) in [6, 6.07) is 4.70. The molecule has 0 aliphatic carbocycles. The van der Waals surface area contributed by atoms with Crippen molar-refractivity contribution in [3.63, 3.8) is 0 Å². The zero-order valence-electron chi connectivity index (χ0n) is 9.96. The van der Waals surface area contributed by atoms with Crippen LogP contribution in [0.4, 0.5) is 5.69 Å². The molecule has 2 nitrogen and oxygen atoms in total. The van der Waals surface area contributed by atoms with Crippen molar-refractivity contribution in [3.05, 3.63) is 27.7 Å². The lowest BCUT2D eigenvalue weighted by Gasteiger charge is -2.34. The third kappa shape index (κ3) is 2.41. The summed E-state index contributed by atoms with van der Waals surface area (Å²) in [5.74, 6) is 0. The highest BCUT2D eigenvalue weighted by Crippen LogP contribution is 2.30. The van der Waals surface area contributed by atoms with E-state index in [1.165, 1.54) is 23.2 Å². The van der Waals surface area contributed by atoms with Gasteiger partial charge in [-0.15, -0.1) is 0 Å². The maximum absolute atomic E-state index is 6.04. The number of hydrogen-bond acceptors (Lipinski definition) is 2. The van der Waals surface area contributed by atoms with Crippen LogP contribution in [0, 0.1) is 13.8 Å². The summed E-state index contributed by atoms with van der Waals surface area (Å²) in [6.45, 7) is 6.47. The van der Waals surface area contributed by atoms with E-state index in [1.54, 1.807) is 0 Å². The Labute approximate surface area is 106 Å². The molecule has 1 aliphatic heterocycles. The molecule has 1 aromatic rings. The zero-order valence-corrected chi connectivity index (χ0v) is 11.5. The fraction of sp³-hybridized carbons (Fsp3) is 0.538. The molecule has 0 bridgehead atoms. The molecule has 16 heavy (non-hydrogen) atoms. The summed E-state index contributed by atoms with van der Waals surface area (Å²) in [6.07, 6.45) is 2.36. The SMILES string of the molecule is Cc1cc(Br)cc(C)c1N1CCCC(N)C1. The summed E-state index contributed by atoms with van der Waals surface area (Å²) in [4.78, 5) is 2.44. The molecule has 1 aromatic carbocycles. The van der Waals surface area contributed by atoms with Gasteiger partial charge < -0.3 is 10.6 Å². The van der Waals surface area contributed by atoms with Crippen molar-refractivity contribution in [2.24, 2.45) is 5.73 Å². The lowest BCUT2D eigenvalue weighted by Crippen LogP contribution is -2.43. The first-order valence-corrected chi connectivity index (χ1v) is 6.64. The van der Waals surface area contributed by atoms with Crippen molar-refractivity contribution in [1.29, 1.82) is 0 Å². The highest BCUT2D eigenvalue weighted by Gasteiger charge is 2.19. The lowest BCUT2D eigenvalue weighted by molar-refractivity contribution is 0.505. The molecule has 1 heterocycles. The molecule has 0 spiro atoms. The zero-order chi connectivity index (χ0) is 11.7. The molecule has 1 saturated heterocycles. The van der Waals surface area contributed by atoms with Crippen LogP contribution in [0.25, 0.3) is 0 Å². The summed E-state index contributed by atoms with van der Waals surface area (Å²) in [5, 5.41) is 0. The molecule has 1 atom stereocenters. The monoisotopic (exact) mass is 282 g/mol.